The van der Waals surface area contributed by atoms with Gasteiger partial charge in [-0.3, -0.25) is 4.79 Å². The van der Waals surface area contributed by atoms with Gasteiger partial charge in [0.1, 0.15) is 0 Å². The fourth-order valence-corrected chi connectivity index (χ4v) is 1.90. The minimum Gasteiger partial charge on any atom is -0.366 e. The van der Waals surface area contributed by atoms with Crippen LogP contribution < -0.4 is 5.73 Å². The SMILES string of the molecule is CSc1cccc(-c2ccc(C(N)=O)cc2)n1. The Balaban J connectivity index is 2.36. The Hall–Kier alpha value is -1.81. The van der Waals surface area contributed by atoms with Gasteiger partial charge in [0.05, 0.1) is 10.7 Å². The summed E-state index contributed by atoms with van der Waals surface area (Å²) in [5, 5.41) is 0.974. The zero-order valence-electron chi connectivity index (χ0n) is 9.38. The number of benzene rings is 1. The second-order valence-electron chi connectivity index (χ2n) is 3.51. The molecule has 17 heavy (non-hydrogen) atoms. The number of nitrogens with zero attached hydrogens (tertiary/aromatic N) is 1. The number of primary amides is 1. The van der Waals surface area contributed by atoms with Crippen LogP contribution in [0.3, 0.4) is 0 Å². The van der Waals surface area contributed by atoms with E-state index in [0.29, 0.717) is 5.56 Å². The van der Waals surface area contributed by atoms with Crippen LogP contribution in [0, 0.1) is 0 Å². The Morgan fingerprint density at radius 2 is 1.88 bits per heavy atom. The first-order valence-electron chi connectivity index (χ1n) is 5.12. The van der Waals surface area contributed by atoms with Gasteiger partial charge in [0.25, 0.3) is 0 Å². The van der Waals surface area contributed by atoms with Crippen molar-refractivity contribution in [2.45, 2.75) is 5.03 Å². The second kappa shape index (κ2) is 5.01. The van der Waals surface area contributed by atoms with Gasteiger partial charge < -0.3 is 5.73 Å². The molecule has 3 nitrogen and oxygen atoms in total. The Morgan fingerprint density at radius 1 is 1.18 bits per heavy atom. The quantitative estimate of drug-likeness (QED) is 0.844. The second-order valence-corrected chi connectivity index (χ2v) is 4.33. The molecule has 0 saturated heterocycles. The van der Waals surface area contributed by atoms with Crippen molar-refractivity contribution in [1.29, 1.82) is 0 Å². The highest BCUT2D eigenvalue weighted by molar-refractivity contribution is 7.98. The van der Waals surface area contributed by atoms with E-state index in [1.165, 1.54) is 0 Å². The highest BCUT2D eigenvalue weighted by atomic mass is 32.2. The summed E-state index contributed by atoms with van der Waals surface area (Å²) in [6.07, 6.45) is 1.99. The van der Waals surface area contributed by atoms with Gasteiger partial charge >= 0.3 is 0 Å². The molecule has 0 aliphatic rings. The maximum Gasteiger partial charge on any atom is 0.248 e. The summed E-state index contributed by atoms with van der Waals surface area (Å²) >= 11 is 1.60. The van der Waals surface area contributed by atoms with Crippen molar-refractivity contribution in [1.82, 2.24) is 4.98 Å². The van der Waals surface area contributed by atoms with Gasteiger partial charge in [-0.05, 0) is 30.5 Å². The van der Waals surface area contributed by atoms with Crippen LogP contribution in [0.2, 0.25) is 0 Å². The molecule has 0 fully saturated rings. The number of hydrogen-bond acceptors (Lipinski definition) is 3. The zero-order valence-corrected chi connectivity index (χ0v) is 10.2. The van der Waals surface area contributed by atoms with Crippen molar-refractivity contribution in [3.8, 4) is 11.3 Å². The van der Waals surface area contributed by atoms with E-state index in [1.807, 2.05) is 36.6 Å². The summed E-state index contributed by atoms with van der Waals surface area (Å²) in [5.74, 6) is -0.414. The first-order chi connectivity index (χ1) is 8.20. The van der Waals surface area contributed by atoms with E-state index >= 15 is 0 Å². The number of pyridine rings is 1. The topological polar surface area (TPSA) is 56.0 Å². The van der Waals surface area contributed by atoms with E-state index in [0.717, 1.165) is 16.3 Å². The van der Waals surface area contributed by atoms with Crippen molar-refractivity contribution in [2.24, 2.45) is 5.73 Å². The molecule has 1 aromatic carbocycles. The average Bonchev–Trinajstić information content (AvgIpc) is 2.39. The van der Waals surface area contributed by atoms with E-state index < -0.39 is 5.91 Å². The maximum absolute atomic E-state index is 11.0. The number of hydrogen-bond donors (Lipinski definition) is 1. The molecular weight excluding hydrogens is 232 g/mol. The molecular formula is C13H12N2OS. The van der Waals surface area contributed by atoms with Gasteiger partial charge in [-0.25, -0.2) is 4.98 Å². The third-order valence-corrected chi connectivity index (χ3v) is 3.04. The molecule has 4 heteroatoms. The van der Waals surface area contributed by atoms with Crippen molar-refractivity contribution in [3.05, 3.63) is 48.0 Å². The standard InChI is InChI=1S/C13H12N2OS/c1-17-12-4-2-3-11(15-12)9-5-7-10(8-6-9)13(14)16/h2-8H,1H3,(H2,14,16). The van der Waals surface area contributed by atoms with Crippen molar-refractivity contribution >= 4 is 17.7 Å². The summed E-state index contributed by atoms with van der Waals surface area (Å²) in [4.78, 5) is 15.4. The third kappa shape index (κ3) is 2.65. The number of carbonyl (C=O) groups excluding carboxylic acids is 1. The molecule has 2 N–H and O–H groups in total. The lowest BCUT2D eigenvalue weighted by Crippen LogP contribution is -2.10. The molecule has 0 aliphatic heterocycles. The lowest BCUT2D eigenvalue weighted by atomic mass is 10.1. The van der Waals surface area contributed by atoms with Crippen molar-refractivity contribution in [2.75, 3.05) is 6.26 Å². The summed E-state index contributed by atoms with van der Waals surface area (Å²) < 4.78 is 0. The molecule has 0 bridgehead atoms. The normalized spacial score (nSPS) is 10.2. The zero-order chi connectivity index (χ0) is 12.3. The molecule has 1 heterocycles. The van der Waals surface area contributed by atoms with Crippen molar-refractivity contribution < 1.29 is 4.79 Å². The average molecular weight is 244 g/mol. The lowest BCUT2D eigenvalue weighted by molar-refractivity contribution is 0.100. The van der Waals surface area contributed by atoms with Crippen LogP contribution in [-0.4, -0.2) is 17.1 Å². The van der Waals surface area contributed by atoms with Crippen molar-refractivity contribution in [3.63, 3.8) is 0 Å². The van der Waals surface area contributed by atoms with Gasteiger partial charge in [0.2, 0.25) is 5.91 Å². The minimum atomic E-state index is -0.414. The lowest BCUT2D eigenvalue weighted by Gasteiger charge is -2.03. The number of carbonyl (C=O) groups is 1. The summed E-state index contributed by atoms with van der Waals surface area (Å²) in [6.45, 7) is 0. The molecule has 1 amide bonds. The summed E-state index contributed by atoms with van der Waals surface area (Å²) in [7, 11) is 0. The van der Waals surface area contributed by atoms with Crippen LogP contribution in [-0.2, 0) is 0 Å². The van der Waals surface area contributed by atoms with Gasteiger partial charge in [0.15, 0.2) is 0 Å². The number of aromatic nitrogens is 1. The molecule has 1 aromatic heterocycles. The fourth-order valence-electron chi connectivity index (χ4n) is 1.49. The van der Waals surface area contributed by atoms with E-state index in [1.54, 1.807) is 23.9 Å². The Morgan fingerprint density at radius 3 is 2.47 bits per heavy atom. The van der Waals surface area contributed by atoms with Crippen LogP contribution in [0.4, 0.5) is 0 Å². The molecule has 0 atom stereocenters. The third-order valence-electron chi connectivity index (χ3n) is 2.40. The van der Waals surface area contributed by atoms with Crippen LogP contribution in [0.5, 0.6) is 0 Å². The van der Waals surface area contributed by atoms with Gasteiger partial charge in [0, 0.05) is 11.1 Å². The predicted molar refractivity (Wildman–Crippen MR) is 70.0 cm³/mol. The number of thioether (sulfide) groups is 1. The molecule has 0 unspecified atom stereocenters. The van der Waals surface area contributed by atoms with Gasteiger partial charge in [-0.1, -0.05) is 18.2 Å². The van der Waals surface area contributed by atoms with Crippen LogP contribution in [0.25, 0.3) is 11.3 Å². The molecule has 0 spiro atoms. The van der Waals surface area contributed by atoms with Gasteiger partial charge in [-0.15, -0.1) is 11.8 Å². The molecule has 0 radical (unpaired) electrons. The van der Waals surface area contributed by atoms with Crippen LogP contribution >= 0.6 is 11.8 Å². The first kappa shape index (κ1) is 11.7. The smallest absolute Gasteiger partial charge is 0.248 e. The Kier molecular flexibility index (Phi) is 3.44. The predicted octanol–water partition coefficient (Wildman–Crippen LogP) is 2.57. The first-order valence-corrected chi connectivity index (χ1v) is 6.34. The number of amides is 1. The summed E-state index contributed by atoms with van der Waals surface area (Å²) in [5.41, 5.74) is 7.57. The molecule has 0 aliphatic carbocycles. The monoisotopic (exact) mass is 244 g/mol. The Bertz CT molecular complexity index is 537. The molecule has 86 valence electrons. The van der Waals surface area contributed by atoms with E-state index in [9.17, 15) is 4.79 Å². The Labute approximate surface area is 104 Å². The molecule has 2 aromatic rings. The summed E-state index contributed by atoms with van der Waals surface area (Å²) in [6, 6.07) is 13.0. The molecule has 0 saturated carbocycles. The fraction of sp³-hybridized carbons (Fsp3) is 0.0769. The number of rotatable bonds is 3. The highest BCUT2D eigenvalue weighted by Crippen LogP contribution is 2.20. The highest BCUT2D eigenvalue weighted by Gasteiger charge is 2.03. The van der Waals surface area contributed by atoms with E-state index in [-0.39, 0.29) is 0 Å². The van der Waals surface area contributed by atoms with E-state index in [2.05, 4.69) is 4.98 Å². The number of nitrogens with two attached hydrogens (primary N) is 1. The largest absolute Gasteiger partial charge is 0.366 e. The minimum absolute atomic E-state index is 0.414. The molecule has 2 rings (SSSR count). The van der Waals surface area contributed by atoms with Gasteiger partial charge in [-0.2, -0.15) is 0 Å². The van der Waals surface area contributed by atoms with Crippen LogP contribution in [0.15, 0.2) is 47.5 Å². The maximum atomic E-state index is 11.0. The van der Waals surface area contributed by atoms with E-state index in [4.69, 9.17) is 5.73 Å². The van der Waals surface area contributed by atoms with Crippen LogP contribution in [0.1, 0.15) is 10.4 Å².